The Morgan fingerprint density at radius 1 is 1.17 bits per heavy atom. The maximum Gasteiger partial charge on any atom is 0.224 e. The van der Waals surface area contributed by atoms with Crippen molar-refractivity contribution in [2.45, 2.75) is 40.2 Å². The van der Waals surface area contributed by atoms with Crippen LogP contribution in [0.4, 0.5) is 0 Å². The van der Waals surface area contributed by atoms with Crippen LogP contribution in [-0.4, -0.2) is 15.9 Å². The molecule has 1 aromatic carbocycles. The minimum absolute atomic E-state index is 0.0197. The Hall–Kier alpha value is -1.75. The van der Waals surface area contributed by atoms with Crippen LogP contribution in [-0.2, 0) is 24.2 Å². The van der Waals surface area contributed by atoms with Gasteiger partial charge in [0.15, 0.2) is 0 Å². The van der Waals surface area contributed by atoms with Gasteiger partial charge in [-0.2, -0.15) is 0 Å². The van der Waals surface area contributed by atoms with Crippen LogP contribution in [0.15, 0.2) is 22.7 Å². The van der Waals surface area contributed by atoms with Crippen molar-refractivity contribution in [3.63, 3.8) is 0 Å². The lowest BCUT2D eigenvalue weighted by atomic mass is 10.1. The molecule has 1 amide bonds. The molecule has 0 aliphatic heterocycles. The molecule has 1 aliphatic carbocycles. The highest BCUT2D eigenvalue weighted by molar-refractivity contribution is 9.10. The minimum Gasteiger partial charge on any atom is -0.352 e. The van der Waals surface area contributed by atoms with E-state index in [2.05, 4.69) is 43.3 Å². The molecule has 1 N–H and O–H groups in total. The van der Waals surface area contributed by atoms with Gasteiger partial charge >= 0.3 is 0 Å². The number of aromatic nitrogens is 2. The molecule has 1 atom stereocenters. The molecule has 1 unspecified atom stereocenters. The molecule has 1 heterocycles. The second-order valence-electron chi connectivity index (χ2n) is 6.16. The van der Waals surface area contributed by atoms with Gasteiger partial charge in [-0.25, -0.2) is 9.97 Å². The Morgan fingerprint density at radius 3 is 2.52 bits per heavy atom. The first-order valence-electron chi connectivity index (χ1n) is 7.79. The molecule has 1 aromatic heterocycles. The summed E-state index contributed by atoms with van der Waals surface area (Å²) in [6.07, 6.45) is 1.62. The van der Waals surface area contributed by atoms with Gasteiger partial charge in [-0.05, 0) is 56.9 Å². The first-order valence-corrected chi connectivity index (χ1v) is 8.59. The number of carbonyl (C=O) groups is 1. The predicted octanol–water partition coefficient (Wildman–Crippen LogP) is 3.20. The summed E-state index contributed by atoms with van der Waals surface area (Å²) in [5.41, 5.74) is 5.44. The number of hydrogen-bond acceptors (Lipinski definition) is 3. The highest BCUT2D eigenvalue weighted by Gasteiger charge is 2.27. The van der Waals surface area contributed by atoms with Gasteiger partial charge < -0.3 is 5.32 Å². The summed E-state index contributed by atoms with van der Waals surface area (Å²) in [5.74, 6) is 0.898. The molecule has 0 saturated carbocycles. The second-order valence-corrected chi connectivity index (χ2v) is 7.07. The number of aryl methyl sites for hydroxylation is 3. The summed E-state index contributed by atoms with van der Waals surface area (Å²) in [7, 11) is 0. The zero-order chi connectivity index (χ0) is 16.6. The van der Waals surface area contributed by atoms with Gasteiger partial charge in [0.1, 0.15) is 5.82 Å². The monoisotopic (exact) mass is 373 g/mol. The summed E-state index contributed by atoms with van der Waals surface area (Å²) in [4.78, 5) is 21.3. The predicted molar refractivity (Wildman–Crippen MR) is 93.1 cm³/mol. The number of amides is 1. The molecule has 5 heteroatoms. The van der Waals surface area contributed by atoms with E-state index in [1.165, 1.54) is 11.1 Å². The van der Waals surface area contributed by atoms with Crippen molar-refractivity contribution >= 4 is 21.8 Å². The molecule has 0 spiro atoms. The molecule has 4 nitrogen and oxygen atoms in total. The van der Waals surface area contributed by atoms with Gasteiger partial charge in [0.2, 0.25) is 5.91 Å². The van der Waals surface area contributed by atoms with E-state index in [9.17, 15) is 4.79 Å². The summed E-state index contributed by atoms with van der Waals surface area (Å²) in [6.45, 7) is 6.31. The van der Waals surface area contributed by atoms with E-state index < -0.39 is 0 Å². The van der Waals surface area contributed by atoms with Gasteiger partial charge in [0, 0.05) is 33.9 Å². The van der Waals surface area contributed by atoms with E-state index in [1.54, 1.807) is 0 Å². The Morgan fingerprint density at radius 2 is 1.83 bits per heavy atom. The fraction of sp³-hybridized carbons (Fsp3) is 0.389. The quantitative estimate of drug-likeness (QED) is 0.898. The lowest BCUT2D eigenvalue weighted by molar-refractivity contribution is -0.124. The van der Waals surface area contributed by atoms with Crippen LogP contribution in [0.25, 0.3) is 0 Å². The molecule has 0 saturated heterocycles. The largest absolute Gasteiger partial charge is 0.352 e. The number of fused-ring (bicyclic) bond motifs is 1. The van der Waals surface area contributed by atoms with Crippen LogP contribution >= 0.6 is 15.9 Å². The Bertz CT molecular complexity index is 750. The van der Waals surface area contributed by atoms with Crippen LogP contribution < -0.4 is 5.32 Å². The first-order chi connectivity index (χ1) is 10.9. The van der Waals surface area contributed by atoms with Crippen molar-refractivity contribution in [3.05, 3.63) is 56.6 Å². The zero-order valence-electron chi connectivity index (χ0n) is 13.6. The van der Waals surface area contributed by atoms with Crippen LogP contribution in [0.1, 0.15) is 33.9 Å². The Balaban J connectivity index is 1.65. The second kappa shape index (κ2) is 6.40. The molecule has 0 radical (unpaired) electrons. The minimum atomic E-state index is 0.0197. The molecule has 0 bridgehead atoms. The molecule has 120 valence electrons. The van der Waals surface area contributed by atoms with Crippen molar-refractivity contribution in [3.8, 4) is 0 Å². The third-order valence-corrected chi connectivity index (χ3v) is 4.94. The molecule has 0 fully saturated rings. The topological polar surface area (TPSA) is 54.9 Å². The van der Waals surface area contributed by atoms with Gasteiger partial charge in [0.05, 0.1) is 0 Å². The average molecular weight is 374 g/mol. The van der Waals surface area contributed by atoms with E-state index in [0.717, 1.165) is 40.1 Å². The maximum atomic E-state index is 12.5. The summed E-state index contributed by atoms with van der Waals surface area (Å²) in [5, 5.41) is 3.06. The number of halogens is 1. The highest BCUT2D eigenvalue weighted by Crippen LogP contribution is 2.29. The molecule has 23 heavy (non-hydrogen) atoms. The van der Waals surface area contributed by atoms with E-state index in [4.69, 9.17) is 0 Å². The third-order valence-electron chi connectivity index (χ3n) is 4.44. The Labute approximate surface area is 144 Å². The van der Waals surface area contributed by atoms with Crippen molar-refractivity contribution < 1.29 is 4.79 Å². The van der Waals surface area contributed by atoms with Crippen molar-refractivity contribution in [1.29, 1.82) is 0 Å². The summed E-state index contributed by atoms with van der Waals surface area (Å²) < 4.78 is 1.07. The first kappa shape index (κ1) is 16.1. The van der Waals surface area contributed by atoms with Gasteiger partial charge in [-0.1, -0.05) is 22.0 Å². The van der Waals surface area contributed by atoms with Gasteiger partial charge in [0.25, 0.3) is 0 Å². The maximum absolute atomic E-state index is 12.5. The van der Waals surface area contributed by atoms with Crippen LogP contribution in [0.3, 0.4) is 0 Å². The van der Waals surface area contributed by atoms with E-state index in [1.807, 2.05) is 26.8 Å². The van der Waals surface area contributed by atoms with Gasteiger partial charge in [-0.15, -0.1) is 0 Å². The number of nitrogens with zero attached hydrogens (tertiary/aromatic N) is 2. The van der Waals surface area contributed by atoms with Crippen molar-refractivity contribution in [2.75, 3.05) is 0 Å². The third kappa shape index (κ3) is 3.44. The van der Waals surface area contributed by atoms with Crippen LogP contribution in [0.2, 0.25) is 0 Å². The standard InChI is InChI=1S/C18H20BrN3O/c1-10-17(11(2)22-12(3)21-10)9-20-18(23)15-6-13-4-5-16(19)8-14(13)7-15/h4-5,8,15H,6-7,9H2,1-3H3,(H,20,23). The fourth-order valence-corrected chi connectivity index (χ4v) is 3.66. The molecular formula is C18H20BrN3O. The normalized spacial score (nSPS) is 16.3. The van der Waals surface area contributed by atoms with Crippen LogP contribution in [0, 0.1) is 26.7 Å². The number of hydrogen-bond donors (Lipinski definition) is 1. The lowest BCUT2D eigenvalue weighted by Gasteiger charge is -2.13. The molecule has 3 rings (SSSR count). The van der Waals surface area contributed by atoms with Crippen LogP contribution in [0.5, 0.6) is 0 Å². The summed E-state index contributed by atoms with van der Waals surface area (Å²) >= 11 is 3.49. The van der Waals surface area contributed by atoms with Gasteiger partial charge in [-0.3, -0.25) is 4.79 Å². The molecule has 2 aromatic rings. The number of carbonyl (C=O) groups excluding carboxylic acids is 1. The summed E-state index contributed by atoms with van der Waals surface area (Å²) in [6, 6.07) is 6.26. The number of benzene rings is 1. The number of rotatable bonds is 3. The SMILES string of the molecule is Cc1nc(C)c(CNC(=O)C2Cc3ccc(Br)cc3C2)c(C)n1. The van der Waals surface area contributed by atoms with Crippen molar-refractivity contribution in [2.24, 2.45) is 5.92 Å². The van der Waals surface area contributed by atoms with E-state index in [0.29, 0.717) is 6.54 Å². The lowest BCUT2D eigenvalue weighted by Crippen LogP contribution is -2.31. The molecular weight excluding hydrogens is 354 g/mol. The average Bonchev–Trinajstić information content (AvgIpc) is 2.88. The number of nitrogens with one attached hydrogen (secondary N) is 1. The highest BCUT2D eigenvalue weighted by atomic mass is 79.9. The van der Waals surface area contributed by atoms with E-state index >= 15 is 0 Å². The smallest absolute Gasteiger partial charge is 0.224 e. The van der Waals surface area contributed by atoms with E-state index in [-0.39, 0.29) is 11.8 Å². The Kier molecular flexibility index (Phi) is 4.48. The fourth-order valence-electron chi connectivity index (χ4n) is 3.25. The molecule has 1 aliphatic rings. The van der Waals surface area contributed by atoms with Crippen molar-refractivity contribution in [1.82, 2.24) is 15.3 Å². The zero-order valence-corrected chi connectivity index (χ0v) is 15.2.